The third kappa shape index (κ3) is 1.25. The Bertz CT molecular complexity index is 659. The fourth-order valence-corrected chi connectivity index (χ4v) is 2.26. The monoisotopic (exact) mass is 224 g/mol. The van der Waals surface area contributed by atoms with E-state index in [-0.39, 0.29) is 0 Å². The molecule has 3 nitrogen and oxygen atoms in total. The third-order valence-electron chi connectivity index (χ3n) is 3.06. The number of aromatic nitrogens is 1. The molecule has 1 aliphatic rings. The number of nitrogens with zero attached hydrogens (tertiary/aromatic N) is 1. The Hall–Kier alpha value is -2.29. The van der Waals surface area contributed by atoms with Crippen LogP contribution in [0.1, 0.15) is 20.7 Å². The molecule has 3 heteroatoms. The minimum absolute atomic E-state index is 0.417. The average Bonchev–Trinajstić information content (AvgIpc) is 2.36. The van der Waals surface area contributed by atoms with E-state index in [1.807, 2.05) is 29.9 Å². The lowest BCUT2D eigenvalue weighted by Crippen LogP contribution is -2.36. The van der Waals surface area contributed by atoms with Crippen LogP contribution in [0.3, 0.4) is 0 Å². The molecule has 0 radical (unpaired) electrons. The summed E-state index contributed by atoms with van der Waals surface area (Å²) in [6, 6.07) is 10.7. The summed E-state index contributed by atoms with van der Waals surface area (Å²) >= 11 is 0. The number of fused-ring (bicyclic) bond motifs is 3. The molecule has 0 N–H and O–H groups in total. The smallest absolute Gasteiger partial charge is 0.240 e. The Kier molecular flexibility index (Phi) is 1.95. The van der Waals surface area contributed by atoms with Crippen molar-refractivity contribution in [3.8, 4) is 11.3 Å². The molecule has 0 unspecified atom stereocenters. The summed E-state index contributed by atoms with van der Waals surface area (Å²) in [7, 11) is 1.87. The molecule has 0 fully saturated rings. The fourth-order valence-electron chi connectivity index (χ4n) is 2.26. The van der Waals surface area contributed by atoms with Gasteiger partial charge in [0.05, 0.1) is 11.1 Å². The maximum absolute atomic E-state index is 12.0. The van der Waals surface area contributed by atoms with Gasteiger partial charge in [-0.1, -0.05) is 18.2 Å². The molecule has 2 aromatic rings. The number of ketones is 2. The number of hydrogen-bond acceptors (Lipinski definition) is 2. The molecule has 0 atom stereocenters. The van der Waals surface area contributed by atoms with Crippen LogP contribution >= 0.6 is 0 Å². The highest BCUT2D eigenvalue weighted by atomic mass is 16.2. The second kappa shape index (κ2) is 3.35. The molecular weight excluding hydrogens is 214 g/mol. The Morgan fingerprint density at radius 3 is 2.18 bits per heavy atom. The zero-order chi connectivity index (χ0) is 12.0. The predicted octanol–water partition coefficient (Wildman–Crippen LogP) is 1.56. The van der Waals surface area contributed by atoms with Gasteiger partial charge in [-0.05, 0) is 12.1 Å². The number of aryl methyl sites for hydroxylation is 1. The maximum Gasteiger partial charge on any atom is 0.240 e. The van der Waals surface area contributed by atoms with Crippen molar-refractivity contribution in [2.75, 3.05) is 0 Å². The summed E-state index contributed by atoms with van der Waals surface area (Å²) < 4.78 is 1.87. The lowest BCUT2D eigenvalue weighted by molar-refractivity contribution is -0.660. The largest absolute Gasteiger partial charge is 0.285 e. The minimum atomic E-state index is -0.421. The summed E-state index contributed by atoms with van der Waals surface area (Å²) in [5.41, 5.74) is 2.62. The van der Waals surface area contributed by atoms with Crippen LogP contribution in [0.5, 0.6) is 0 Å². The van der Waals surface area contributed by atoms with E-state index in [2.05, 4.69) is 0 Å². The molecule has 0 saturated carbocycles. The van der Waals surface area contributed by atoms with Crippen LogP contribution < -0.4 is 4.57 Å². The van der Waals surface area contributed by atoms with E-state index in [9.17, 15) is 9.59 Å². The van der Waals surface area contributed by atoms with Crippen molar-refractivity contribution in [3.05, 3.63) is 53.7 Å². The van der Waals surface area contributed by atoms with Crippen LogP contribution in [0.15, 0.2) is 42.6 Å². The van der Waals surface area contributed by atoms with Gasteiger partial charge in [-0.2, -0.15) is 0 Å². The van der Waals surface area contributed by atoms with Gasteiger partial charge < -0.3 is 0 Å². The quantitative estimate of drug-likeness (QED) is 0.503. The lowest BCUT2D eigenvalue weighted by atomic mass is 9.87. The number of rotatable bonds is 0. The van der Waals surface area contributed by atoms with E-state index in [1.165, 1.54) is 0 Å². The summed E-state index contributed by atoms with van der Waals surface area (Å²) in [6.45, 7) is 0. The second-order valence-corrected chi connectivity index (χ2v) is 4.09. The van der Waals surface area contributed by atoms with Crippen molar-refractivity contribution >= 4 is 11.6 Å². The van der Waals surface area contributed by atoms with E-state index in [4.69, 9.17) is 0 Å². The first-order valence-electron chi connectivity index (χ1n) is 5.37. The Morgan fingerprint density at radius 1 is 0.824 bits per heavy atom. The van der Waals surface area contributed by atoms with Gasteiger partial charge in [0.2, 0.25) is 17.3 Å². The highest BCUT2D eigenvalue weighted by molar-refractivity contribution is 6.52. The van der Waals surface area contributed by atoms with Crippen LogP contribution in [0.4, 0.5) is 0 Å². The molecule has 0 bridgehead atoms. The summed E-state index contributed by atoms with van der Waals surface area (Å²) in [6.07, 6.45) is 1.87. The van der Waals surface area contributed by atoms with Gasteiger partial charge in [-0.15, -0.1) is 0 Å². The van der Waals surface area contributed by atoms with Gasteiger partial charge in [0.15, 0.2) is 6.20 Å². The first-order chi connectivity index (χ1) is 8.20. The SMILES string of the molecule is C[n+]1cccc2c1-c1ccccc1C(=O)C2=O. The topological polar surface area (TPSA) is 38.0 Å². The highest BCUT2D eigenvalue weighted by Crippen LogP contribution is 2.30. The summed E-state index contributed by atoms with van der Waals surface area (Å²) in [4.78, 5) is 23.9. The normalized spacial score (nSPS) is 13.2. The molecule has 0 amide bonds. The molecule has 82 valence electrons. The number of carbonyl (C=O) groups is 2. The average molecular weight is 224 g/mol. The molecule has 3 rings (SSSR count). The van der Waals surface area contributed by atoms with E-state index in [0.29, 0.717) is 11.1 Å². The molecule has 17 heavy (non-hydrogen) atoms. The lowest BCUT2D eigenvalue weighted by Gasteiger charge is -2.14. The molecule has 1 aromatic carbocycles. The Balaban J connectivity index is 2.45. The molecule has 1 aliphatic carbocycles. The van der Waals surface area contributed by atoms with Crippen LogP contribution in [0, 0.1) is 0 Å². The predicted molar refractivity (Wildman–Crippen MR) is 61.7 cm³/mol. The van der Waals surface area contributed by atoms with Crippen LogP contribution in [0.2, 0.25) is 0 Å². The molecule has 0 saturated heterocycles. The van der Waals surface area contributed by atoms with Gasteiger partial charge in [-0.25, -0.2) is 4.57 Å². The van der Waals surface area contributed by atoms with Crippen molar-refractivity contribution in [1.29, 1.82) is 0 Å². The van der Waals surface area contributed by atoms with Crippen LogP contribution in [-0.2, 0) is 7.05 Å². The number of carbonyl (C=O) groups excluding carboxylic acids is 2. The first kappa shape index (κ1) is 9.90. The van der Waals surface area contributed by atoms with E-state index >= 15 is 0 Å². The van der Waals surface area contributed by atoms with Crippen LogP contribution in [0.25, 0.3) is 11.3 Å². The van der Waals surface area contributed by atoms with Crippen molar-refractivity contribution in [1.82, 2.24) is 0 Å². The van der Waals surface area contributed by atoms with Crippen molar-refractivity contribution in [2.24, 2.45) is 7.05 Å². The van der Waals surface area contributed by atoms with Gasteiger partial charge in [0, 0.05) is 11.6 Å². The first-order valence-corrected chi connectivity index (χ1v) is 5.37. The maximum atomic E-state index is 12.0. The number of hydrogen-bond donors (Lipinski definition) is 0. The minimum Gasteiger partial charge on any atom is -0.285 e. The zero-order valence-corrected chi connectivity index (χ0v) is 9.31. The molecule has 0 aliphatic heterocycles. The van der Waals surface area contributed by atoms with E-state index in [0.717, 1.165) is 11.3 Å². The van der Waals surface area contributed by atoms with E-state index in [1.54, 1.807) is 24.3 Å². The third-order valence-corrected chi connectivity index (χ3v) is 3.06. The zero-order valence-electron chi connectivity index (χ0n) is 9.31. The van der Waals surface area contributed by atoms with Crippen molar-refractivity contribution < 1.29 is 14.2 Å². The molecule has 1 aromatic heterocycles. The van der Waals surface area contributed by atoms with Gasteiger partial charge in [0.25, 0.3) is 0 Å². The number of pyridine rings is 1. The Morgan fingerprint density at radius 2 is 1.41 bits per heavy atom. The summed E-state index contributed by atoms with van der Waals surface area (Å²) in [5.74, 6) is -0.839. The molecule has 1 heterocycles. The second-order valence-electron chi connectivity index (χ2n) is 4.09. The summed E-state index contributed by atoms with van der Waals surface area (Å²) in [5, 5.41) is 0. The van der Waals surface area contributed by atoms with E-state index < -0.39 is 11.6 Å². The molecule has 0 spiro atoms. The number of Topliss-reactive ketones (excluding diaryl/α,β-unsaturated/α-hetero) is 2. The van der Waals surface area contributed by atoms with Crippen LogP contribution in [-0.4, -0.2) is 11.6 Å². The van der Waals surface area contributed by atoms with Crippen molar-refractivity contribution in [3.63, 3.8) is 0 Å². The van der Waals surface area contributed by atoms with Gasteiger partial charge >= 0.3 is 0 Å². The fraction of sp³-hybridized carbons (Fsp3) is 0.0714. The highest BCUT2D eigenvalue weighted by Gasteiger charge is 2.35. The van der Waals surface area contributed by atoms with Crippen molar-refractivity contribution in [2.45, 2.75) is 0 Å². The molecular formula is C14H10NO2+. The van der Waals surface area contributed by atoms with Gasteiger partial charge in [-0.3, -0.25) is 9.59 Å². The number of benzene rings is 1. The van der Waals surface area contributed by atoms with Gasteiger partial charge in [0.1, 0.15) is 7.05 Å². The Labute approximate surface area is 98.3 Å². The standard InChI is InChI=1S/C14H10NO2/c1-15-8-4-7-11-12(15)9-5-2-3-6-10(9)13(16)14(11)17/h2-8H,1H3/q+1.